The Morgan fingerprint density at radius 1 is 1.33 bits per heavy atom. The van der Waals surface area contributed by atoms with Gasteiger partial charge in [0.1, 0.15) is 0 Å². The molecule has 0 fully saturated rings. The quantitative estimate of drug-likeness (QED) is 0.874. The molecule has 0 amide bonds. The Balaban J connectivity index is 3.36. The average molecular weight is 251 g/mol. The van der Waals surface area contributed by atoms with Crippen molar-refractivity contribution in [1.82, 2.24) is 4.57 Å². The Kier molecular flexibility index (Phi) is 4.74. The minimum Gasteiger partial charge on any atom is -0.386 e. The lowest BCUT2D eigenvalue weighted by Gasteiger charge is -2.22. The largest absolute Gasteiger partial charge is 0.386 e. The SMILES string of the molecule is CCCCn1c(C(C)C)ccc(C(C)(C)O)c1=O. The summed E-state index contributed by atoms with van der Waals surface area (Å²) in [5, 5.41) is 10.0. The first kappa shape index (κ1) is 15.0. The van der Waals surface area contributed by atoms with Crippen molar-refractivity contribution in [3.8, 4) is 0 Å². The van der Waals surface area contributed by atoms with Crippen LogP contribution in [0.25, 0.3) is 0 Å². The van der Waals surface area contributed by atoms with E-state index in [1.54, 1.807) is 19.9 Å². The van der Waals surface area contributed by atoms with Gasteiger partial charge in [0, 0.05) is 17.8 Å². The van der Waals surface area contributed by atoms with Crippen molar-refractivity contribution in [3.63, 3.8) is 0 Å². The van der Waals surface area contributed by atoms with Gasteiger partial charge in [-0.25, -0.2) is 0 Å². The number of aliphatic hydroxyl groups is 1. The van der Waals surface area contributed by atoms with E-state index in [-0.39, 0.29) is 5.56 Å². The zero-order valence-electron chi connectivity index (χ0n) is 12.2. The highest BCUT2D eigenvalue weighted by molar-refractivity contribution is 5.22. The maximum absolute atomic E-state index is 12.4. The third kappa shape index (κ3) is 3.22. The zero-order valence-corrected chi connectivity index (χ0v) is 12.2. The highest BCUT2D eigenvalue weighted by Crippen LogP contribution is 2.19. The van der Waals surface area contributed by atoms with Crippen LogP contribution in [0.1, 0.15) is 64.6 Å². The fourth-order valence-electron chi connectivity index (χ4n) is 2.11. The maximum atomic E-state index is 12.4. The summed E-state index contributed by atoms with van der Waals surface area (Å²) < 4.78 is 1.82. The van der Waals surface area contributed by atoms with E-state index in [1.165, 1.54) is 0 Å². The molecule has 0 saturated heterocycles. The number of hydrogen-bond donors (Lipinski definition) is 1. The molecule has 0 aliphatic heterocycles. The molecule has 0 unspecified atom stereocenters. The first-order valence-corrected chi connectivity index (χ1v) is 6.75. The van der Waals surface area contributed by atoms with Gasteiger partial charge in [-0.1, -0.05) is 27.2 Å². The molecular formula is C15H25NO2. The van der Waals surface area contributed by atoms with E-state index in [9.17, 15) is 9.90 Å². The highest BCUT2D eigenvalue weighted by Gasteiger charge is 2.22. The molecule has 0 saturated carbocycles. The molecule has 0 spiro atoms. The molecule has 1 heterocycles. The maximum Gasteiger partial charge on any atom is 0.256 e. The zero-order chi connectivity index (χ0) is 13.9. The molecule has 3 heteroatoms. The first-order valence-electron chi connectivity index (χ1n) is 6.75. The van der Waals surface area contributed by atoms with Crippen LogP contribution in [0.15, 0.2) is 16.9 Å². The molecule has 3 nitrogen and oxygen atoms in total. The third-order valence-corrected chi connectivity index (χ3v) is 3.19. The Labute approximate surface area is 109 Å². The summed E-state index contributed by atoms with van der Waals surface area (Å²) >= 11 is 0. The molecule has 102 valence electrons. The summed E-state index contributed by atoms with van der Waals surface area (Å²) in [5.74, 6) is 0.311. The van der Waals surface area contributed by atoms with Crippen molar-refractivity contribution in [2.45, 2.75) is 65.5 Å². The Morgan fingerprint density at radius 2 is 1.94 bits per heavy atom. The summed E-state index contributed by atoms with van der Waals surface area (Å²) in [4.78, 5) is 12.4. The molecule has 0 atom stereocenters. The average Bonchev–Trinajstić information content (AvgIpc) is 2.25. The van der Waals surface area contributed by atoms with Crippen LogP contribution in [0.4, 0.5) is 0 Å². The molecule has 1 aromatic heterocycles. The standard InChI is InChI=1S/C15H25NO2/c1-6-7-10-16-13(11(2)3)9-8-12(14(16)17)15(4,5)18/h8-9,11,18H,6-7,10H2,1-5H3. The highest BCUT2D eigenvalue weighted by atomic mass is 16.3. The second kappa shape index (κ2) is 5.70. The van der Waals surface area contributed by atoms with E-state index in [2.05, 4.69) is 20.8 Å². The van der Waals surface area contributed by atoms with Gasteiger partial charge >= 0.3 is 0 Å². The molecule has 0 aliphatic carbocycles. The molecule has 0 aromatic carbocycles. The van der Waals surface area contributed by atoms with Gasteiger partial charge in [-0.15, -0.1) is 0 Å². The van der Waals surface area contributed by atoms with Gasteiger partial charge in [0.25, 0.3) is 5.56 Å². The molecule has 18 heavy (non-hydrogen) atoms. The fraction of sp³-hybridized carbons (Fsp3) is 0.667. The first-order chi connectivity index (χ1) is 8.29. The van der Waals surface area contributed by atoms with Crippen molar-refractivity contribution in [2.75, 3.05) is 0 Å². The van der Waals surface area contributed by atoms with Crippen molar-refractivity contribution >= 4 is 0 Å². The van der Waals surface area contributed by atoms with Crippen molar-refractivity contribution < 1.29 is 5.11 Å². The lowest BCUT2D eigenvalue weighted by molar-refractivity contribution is 0.0763. The van der Waals surface area contributed by atoms with Gasteiger partial charge in [0.15, 0.2) is 0 Å². The number of hydrogen-bond acceptors (Lipinski definition) is 2. The van der Waals surface area contributed by atoms with Crippen LogP contribution >= 0.6 is 0 Å². The molecule has 0 aliphatic rings. The van der Waals surface area contributed by atoms with Crippen molar-refractivity contribution in [2.24, 2.45) is 0 Å². The molecular weight excluding hydrogens is 226 g/mol. The minimum atomic E-state index is -1.08. The number of nitrogens with zero attached hydrogens (tertiary/aromatic N) is 1. The normalized spacial score (nSPS) is 12.2. The van der Waals surface area contributed by atoms with E-state index >= 15 is 0 Å². The number of pyridine rings is 1. The monoisotopic (exact) mass is 251 g/mol. The second-order valence-electron chi connectivity index (χ2n) is 5.70. The van der Waals surface area contributed by atoms with E-state index in [0.29, 0.717) is 11.5 Å². The summed E-state index contributed by atoms with van der Waals surface area (Å²) in [6.07, 6.45) is 2.03. The molecule has 1 rings (SSSR count). The summed E-state index contributed by atoms with van der Waals surface area (Å²) in [6.45, 7) is 10.3. The minimum absolute atomic E-state index is 0.0536. The predicted molar refractivity (Wildman–Crippen MR) is 74.9 cm³/mol. The Bertz CT molecular complexity index is 453. The van der Waals surface area contributed by atoms with Crippen LogP contribution < -0.4 is 5.56 Å². The summed E-state index contributed by atoms with van der Waals surface area (Å²) in [6, 6.07) is 3.73. The predicted octanol–water partition coefficient (Wildman–Crippen LogP) is 3.00. The molecule has 1 N–H and O–H groups in total. The molecule has 0 bridgehead atoms. The van der Waals surface area contributed by atoms with Crippen LogP contribution in [-0.4, -0.2) is 9.67 Å². The lowest BCUT2D eigenvalue weighted by Crippen LogP contribution is -2.33. The van der Waals surface area contributed by atoms with E-state index < -0.39 is 5.60 Å². The second-order valence-corrected chi connectivity index (χ2v) is 5.70. The smallest absolute Gasteiger partial charge is 0.256 e. The van der Waals surface area contributed by atoms with Gasteiger partial charge in [-0.2, -0.15) is 0 Å². The number of aromatic nitrogens is 1. The summed E-state index contributed by atoms with van der Waals surface area (Å²) in [5.41, 5.74) is 0.382. The van der Waals surface area contributed by atoms with Gasteiger partial charge in [-0.05, 0) is 38.3 Å². The van der Waals surface area contributed by atoms with Gasteiger partial charge in [0.2, 0.25) is 0 Å². The van der Waals surface area contributed by atoms with Crippen LogP contribution in [0.2, 0.25) is 0 Å². The van der Waals surface area contributed by atoms with Gasteiger partial charge in [-0.3, -0.25) is 4.79 Å². The molecule has 0 radical (unpaired) electrons. The topological polar surface area (TPSA) is 42.2 Å². The van der Waals surface area contributed by atoms with Crippen molar-refractivity contribution in [1.29, 1.82) is 0 Å². The van der Waals surface area contributed by atoms with Crippen LogP contribution in [0, 0.1) is 0 Å². The van der Waals surface area contributed by atoms with Gasteiger partial charge in [0.05, 0.1) is 5.60 Å². The van der Waals surface area contributed by atoms with Gasteiger partial charge < -0.3 is 9.67 Å². The summed E-state index contributed by atoms with van der Waals surface area (Å²) in [7, 11) is 0. The lowest BCUT2D eigenvalue weighted by atomic mass is 9.98. The van der Waals surface area contributed by atoms with Crippen molar-refractivity contribution in [3.05, 3.63) is 33.7 Å². The van der Waals surface area contributed by atoms with E-state index in [1.807, 2.05) is 10.6 Å². The Morgan fingerprint density at radius 3 is 2.39 bits per heavy atom. The third-order valence-electron chi connectivity index (χ3n) is 3.19. The van der Waals surface area contributed by atoms with E-state index in [4.69, 9.17) is 0 Å². The molecule has 1 aromatic rings. The number of rotatable bonds is 5. The Hall–Kier alpha value is -1.09. The number of unbranched alkanes of at least 4 members (excludes halogenated alkanes) is 1. The fourth-order valence-corrected chi connectivity index (χ4v) is 2.11. The van der Waals surface area contributed by atoms with Crippen LogP contribution in [0.3, 0.4) is 0 Å². The van der Waals surface area contributed by atoms with Crippen LogP contribution in [0.5, 0.6) is 0 Å². The van der Waals surface area contributed by atoms with Crippen LogP contribution in [-0.2, 0) is 12.1 Å². The van der Waals surface area contributed by atoms with E-state index in [0.717, 1.165) is 25.1 Å².